The summed E-state index contributed by atoms with van der Waals surface area (Å²) < 4.78 is 2.00. The summed E-state index contributed by atoms with van der Waals surface area (Å²) in [4.78, 5) is 12.9. The molecule has 0 fully saturated rings. The van der Waals surface area contributed by atoms with E-state index in [0.29, 0.717) is 12.0 Å². The topological polar surface area (TPSA) is 68.5 Å². The van der Waals surface area contributed by atoms with Crippen molar-refractivity contribution < 1.29 is 0 Å². The lowest BCUT2D eigenvalue weighted by Gasteiger charge is -2.23. The van der Waals surface area contributed by atoms with Crippen LogP contribution in [-0.2, 0) is 19.4 Å². The number of aryl methyl sites for hydroxylation is 2. The van der Waals surface area contributed by atoms with Gasteiger partial charge < -0.3 is 5.32 Å². The molecule has 0 aromatic carbocycles. The van der Waals surface area contributed by atoms with Crippen molar-refractivity contribution in [1.82, 2.24) is 24.7 Å². The average Bonchev–Trinajstić information content (AvgIpc) is 2.82. The van der Waals surface area contributed by atoms with Gasteiger partial charge in [-0.15, -0.1) is 0 Å². The summed E-state index contributed by atoms with van der Waals surface area (Å²) >= 11 is 0. The molecule has 3 heterocycles. The Balaban J connectivity index is 1.71. The van der Waals surface area contributed by atoms with Gasteiger partial charge in [0.1, 0.15) is 5.82 Å². The highest BCUT2D eigenvalue weighted by atomic mass is 15.4. The first kappa shape index (κ1) is 11.1. The fourth-order valence-corrected chi connectivity index (χ4v) is 2.18. The van der Waals surface area contributed by atoms with Crippen molar-refractivity contribution in [2.75, 3.05) is 5.32 Å². The van der Waals surface area contributed by atoms with Crippen molar-refractivity contribution in [2.24, 2.45) is 0 Å². The molecule has 0 radical (unpaired) electrons. The van der Waals surface area contributed by atoms with Crippen LogP contribution >= 0.6 is 0 Å². The fourth-order valence-electron chi connectivity index (χ4n) is 2.18. The summed E-state index contributed by atoms with van der Waals surface area (Å²) in [7, 11) is 0. The van der Waals surface area contributed by atoms with Crippen LogP contribution in [0.4, 0.5) is 5.95 Å². The Morgan fingerprint density at radius 3 is 3.00 bits per heavy atom. The van der Waals surface area contributed by atoms with Crippen LogP contribution in [-0.4, -0.2) is 30.8 Å². The monoisotopic (exact) mass is 244 g/mol. The van der Waals surface area contributed by atoms with Crippen LogP contribution in [0.3, 0.4) is 0 Å². The third kappa shape index (κ3) is 2.18. The first-order valence-electron chi connectivity index (χ1n) is 6.31. The van der Waals surface area contributed by atoms with Crippen molar-refractivity contribution in [3.8, 4) is 0 Å². The van der Waals surface area contributed by atoms with E-state index in [2.05, 4.69) is 32.3 Å². The minimum atomic E-state index is 0.325. The summed E-state index contributed by atoms with van der Waals surface area (Å²) in [6.45, 7) is 2.91. The van der Waals surface area contributed by atoms with Gasteiger partial charge in [-0.1, -0.05) is 6.92 Å². The molecule has 6 nitrogen and oxygen atoms in total. The first-order valence-corrected chi connectivity index (χ1v) is 6.31. The molecule has 0 bridgehead atoms. The van der Waals surface area contributed by atoms with Gasteiger partial charge in [-0.3, -0.25) is 0 Å². The van der Waals surface area contributed by atoms with E-state index >= 15 is 0 Å². The normalized spacial score (nSPS) is 18.4. The molecule has 18 heavy (non-hydrogen) atoms. The molecule has 2 aromatic heterocycles. The minimum absolute atomic E-state index is 0.325. The quantitative estimate of drug-likeness (QED) is 0.874. The summed E-state index contributed by atoms with van der Waals surface area (Å²) in [5, 5.41) is 7.82. The third-order valence-corrected chi connectivity index (χ3v) is 3.12. The lowest BCUT2D eigenvalue weighted by atomic mass is 10.1. The standard InChI is InChI=1S/C12H16N6/c1-2-10-16-11-5-4-9(8-18(11)17-10)15-12-13-6-3-7-14-12/h3,6-7,9H,2,4-5,8H2,1H3,(H,13,14,15). The van der Waals surface area contributed by atoms with Crippen molar-refractivity contribution in [2.45, 2.75) is 38.8 Å². The number of rotatable bonds is 3. The second kappa shape index (κ2) is 4.72. The van der Waals surface area contributed by atoms with Crippen molar-refractivity contribution >= 4 is 5.95 Å². The summed E-state index contributed by atoms with van der Waals surface area (Å²) in [6, 6.07) is 2.14. The van der Waals surface area contributed by atoms with E-state index in [-0.39, 0.29) is 0 Å². The predicted molar refractivity (Wildman–Crippen MR) is 67.2 cm³/mol. The van der Waals surface area contributed by atoms with Crippen LogP contribution in [0.25, 0.3) is 0 Å². The van der Waals surface area contributed by atoms with E-state index in [1.54, 1.807) is 12.4 Å². The second-order valence-electron chi connectivity index (χ2n) is 4.43. The van der Waals surface area contributed by atoms with Gasteiger partial charge in [-0.2, -0.15) is 5.10 Å². The second-order valence-corrected chi connectivity index (χ2v) is 4.43. The van der Waals surface area contributed by atoms with E-state index < -0.39 is 0 Å². The van der Waals surface area contributed by atoms with E-state index in [1.165, 1.54) is 0 Å². The van der Waals surface area contributed by atoms with Gasteiger partial charge in [-0.25, -0.2) is 19.6 Å². The van der Waals surface area contributed by atoms with Gasteiger partial charge in [0.2, 0.25) is 5.95 Å². The maximum absolute atomic E-state index is 4.50. The maximum Gasteiger partial charge on any atom is 0.222 e. The smallest absolute Gasteiger partial charge is 0.222 e. The lowest BCUT2D eigenvalue weighted by molar-refractivity contribution is 0.439. The van der Waals surface area contributed by atoms with Crippen molar-refractivity contribution in [1.29, 1.82) is 0 Å². The molecule has 1 atom stereocenters. The Bertz CT molecular complexity index is 521. The van der Waals surface area contributed by atoms with Crippen LogP contribution in [0.2, 0.25) is 0 Å². The molecule has 1 aliphatic heterocycles. The van der Waals surface area contributed by atoms with E-state index in [1.807, 2.05) is 10.7 Å². The SMILES string of the molecule is CCc1nc2n(n1)CC(Nc1ncccn1)CC2. The lowest BCUT2D eigenvalue weighted by Crippen LogP contribution is -2.32. The Hall–Kier alpha value is -1.98. The van der Waals surface area contributed by atoms with Crippen molar-refractivity contribution in [3.63, 3.8) is 0 Å². The van der Waals surface area contributed by atoms with E-state index in [4.69, 9.17) is 0 Å². The molecule has 1 N–H and O–H groups in total. The van der Waals surface area contributed by atoms with Crippen LogP contribution in [0.5, 0.6) is 0 Å². The van der Waals surface area contributed by atoms with Crippen LogP contribution in [0, 0.1) is 0 Å². The summed E-state index contributed by atoms with van der Waals surface area (Å²) in [5.41, 5.74) is 0. The van der Waals surface area contributed by atoms with Crippen LogP contribution < -0.4 is 5.32 Å². The van der Waals surface area contributed by atoms with E-state index in [0.717, 1.165) is 37.5 Å². The minimum Gasteiger partial charge on any atom is -0.350 e. The fraction of sp³-hybridized carbons (Fsp3) is 0.500. The Morgan fingerprint density at radius 1 is 1.39 bits per heavy atom. The van der Waals surface area contributed by atoms with Crippen LogP contribution in [0.1, 0.15) is 25.0 Å². The van der Waals surface area contributed by atoms with E-state index in [9.17, 15) is 0 Å². The Morgan fingerprint density at radius 2 is 2.22 bits per heavy atom. The molecule has 0 aliphatic carbocycles. The zero-order valence-electron chi connectivity index (χ0n) is 10.4. The molecular formula is C12H16N6. The largest absolute Gasteiger partial charge is 0.350 e. The summed E-state index contributed by atoms with van der Waals surface area (Å²) in [6.07, 6.45) is 6.37. The molecular weight excluding hydrogens is 228 g/mol. The van der Waals surface area contributed by atoms with Gasteiger partial charge >= 0.3 is 0 Å². The number of fused-ring (bicyclic) bond motifs is 1. The molecule has 1 aliphatic rings. The Kier molecular flexibility index (Phi) is 2.92. The molecule has 3 rings (SSSR count). The molecule has 0 saturated heterocycles. The molecule has 94 valence electrons. The number of anilines is 1. The number of nitrogens with one attached hydrogen (secondary N) is 1. The summed E-state index contributed by atoms with van der Waals surface area (Å²) in [5.74, 6) is 2.71. The number of hydrogen-bond acceptors (Lipinski definition) is 5. The highest BCUT2D eigenvalue weighted by Gasteiger charge is 2.21. The van der Waals surface area contributed by atoms with Gasteiger partial charge in [0.15, 0.2) is 5.82 Å². The average molecular weight is 244 g/mol. The molecule has 0 spiro atoms. The number of hydrogen-bond donors (Lipinski definition) is 1. The third-order valence-electron chi connectivity index (χ3n) is 3.12. The van der Waals surface area contributed by atoms with Gasteiger partial charge in [0.25, 0.3) is 0 Å². The zero-order chi connectivity index (χ0) is 12.4. The van der Waals surface area contributed by atoms with Gasteiger partial charge in [0, 0.05) is 31.3 Å². The molecule has 1 unspecified atom stereocenters. The molecule has 0 amide bonds. The molecule has 6 heteroatoms. The first-order chi connectivity index (χ1) is 8.85. The van der Waals surface area contributed by atoms with Crippen molar-refractivity contribution in [3.05, 3.63) is 30.1 Å². The molecule has 2 aromatic rings. The predicted octanol–water partition coefficient (Wildman–Crippen LogP) is 1.06. The van der Waals surface area contributed by atoms with Gasteiger partial charge in [0.05, 0.1) is 6.54 Å². The number of aromatic nitrogens is 5. The highest BCUT2D eigenvalue weighted by molar-refractivity contribution is 5.24. The highest BCUT2D eigenvalue weighted by Crippen LogP contribution is 2.15. The number of nitrogens with zero attached hydrogens (tertiary/aromatic N) is 5. The maximum atomic E-state index is 4.50. The molecule has 0 saturated carbocycles. The Labute approximate surface area is 105 Å². The van der Waals surface area contributed by atoms with Crippen LogP contribution in [0.15, 0.2) is 18.5 Å². The van der Waals surface area contributed by atoms with Gasteiger partial charge in [-0.05, 0) is 12.5 Å². The zero-order valence-corrected chi connectivity index (χ0v) is 10.4.